The number of nitrogens with zero attached hydrogens (tertiary/aromatic N) is 9. The molecule has 0 saturated carbocycles. The Kier molecular flexibility index (Phi) is 7.90. The van der Waals surface area contributed by atoms with Gasteiger partial charge in [-0.25, -0.2) is 19.5 Å². The lowest BCUT2D eigenvalue weighted by Gasteiger charge is -2.34. The van der Waals surface area contributed by atoms with E-state index in [0.29, 0.717) is 5.82 Å². The average Bonchev–Trinajstić information content (AvgIpc) is 3.61. The van der Waals surface area contributed by atoms with E-state index in [1.165, 1.54) is 5.56 Å². The zero-order valence-electron chi connectivity index (χ0n) is 23.8. The largest absolute Gasteiger partial charge is 0.382 e. The van der Waals surface area contributed by atoms with Gasteiger partial charge in [0.1, 0.15) is 11.8 Å². The highest BCUT2D eigenvalue weighted by Gasteiger charge is 2.20. The van der Waals surface area contributed by atoms with Crippen molar-refractivity contribution in [3.05, 3.63) is 94.3 Å². The van der Waals surface area contributed by atoms with Gasteiger partial charge in [0.05, 0.1) is 12.1 Å². The van der Waals surface area contributed by atoms with Crippen LogP contribution in [0.2, 0.25) is 0 Å². The van der Waals surface area contributed by atoms with Crippen molar-refractivity contribution >= 4 is 50.8 Å². The Morgan fingerprint density at radius 1 is 0.860 bits per heavy atom. The molecule has 6 aromatic rings. The molecule has 0 bridgehead atoms. The van der Waals surface area contributed by atoms with Gasteiger partial charge >= 0.3 is 0 Å². The summed E-state index contributed by atoms with van der Waals surface area (Å²) in [6.07, 6.45) is 10.4. The minimum Gasteiger partial charge on any atom is -0.382 e. The first kappa shape index (κ1) is 27.7. The number of unbranched alkanes of at least 4 members (excludes halogenated alkanes) is 1. The van der Waals surface area contributed by atoms with E-state index in [0.717, 1.165) is 101 Å². The Labute approximate surface area is 263 Å². The summed E-state index contributed by atoms with van der Waals surface area (Å²) < 4.78 is 5.13. The Morgan fingerprint density at radius 3 is 2.49 bits per heavy atom. The smallest absolute Gasteiger partial charge is 0.225 e. The van der Waals surface area contributed by atoms with Gasteiger partial charge in [0.2, 0.25) is 5.95 Å². The van der Waals surface area contributed by atoms with Gasteiger partial charge in [-0.1, -0.05) is 30.3 Å². The van der Waals surface area contributed by atoms with Gasteiger partial charge in [0.15, 0.2) is 5.82 Å². The van der Waals surface area contributed by atoms with Gasteiger partial charge in [-0.15, -0.1) is 0 Å². The van der Waals surface area contributed by atoms with Crippen molar-refractivity contribution in [1.82, 2.24) is 39.2 Å². The molecule has 1 aliphatic heterocycles. The molecule has 5 heterocycles. The number of nitrogen functional groups attached to an aromatic ring is 1. The molecule has 1 saturated heterocycles. The molecule has 0 unspecified atom stereocenters. The van der Waals surface area contributed by atoms with Crippen LogP contribution in [0.4, 0.5) is 11.8 Å². The number of halogens is 1. The first-order valence-electron chi connectivity index (χ1n) is 14.7. The van der Waals surface area contributed by atoms with Crippen LogP contribution < -0.4 is 10.6 Å². The van der Waals surface area contributed by atoms with Crippen molar-refractivity contribution in [2.75, 3.05) is 43.4 Å². The number of piperazine rings is 1. The summed E-state index contributed by atoms with van der Waals surface area (Å²) in [6.45, 7) is 5.79. The van der Waals surface area contributed by atoms with Crippen LogP contribution in [-0.4, -0.2) is 72.0 Å². The number of anilines is 2. The van der Waals surface area contributed by atoms with Crippen molar-refractivity contribution in [2.24, 2.45) is 0 Å². The van der Waals surface area contributed by atoms with E-state index in [1.54, 1.807) is 6.33 Å². The number of nitrogens with two attached hydrogens (primary N) is 1. The van der Waals surface area contributed by atoms with Crippen molar-refractivity contribution in [3.63, 3.8) is 0 Å². The van der Waals surface area contributed by atoms with Gasteiger partial charge < -0.3 is 10.6 Å². The fourth-order valence-electron chi connectivity index (χ4n) is 5.94. The molecule has 2 N–H and O–H groups in total. The molecule has 10 nitrogen and oxygen atoms in total. The van der Waals surface area contributed by atoms with Gasteiger partial charge in [0.25, 0.3) is 0 Å². The Bertz CT molecular complexity index is 1840. The highest BCUT2D eigenvalue weighted by Crippen LogP contribution is 2.36. The minimum atomic E-state index is 0.488. The predicted molar refractivity (Wildman–Crippen MR) is 178 cm³/mol. The molecular weight excluding hydrogens is 651 g/mol. The summed E-state index contributed by atoms with van der Waals surface area (Å²) in [5, 5.41) is 10.6. The molecule has 0 radical (unpaired) electrons. The maximum atomic E-state index is 6.45. The highest BCUT2D eigenvalue weighted by atomic mass is 127. The third kappa shape index (κ3) is 5.91. The lowest BCUT2D eigenvalue weighted by molar-refractivity contribution is 0.252. The molecular formula is C32H33IN10. The van der Waals surface area contributed by atoms with E-state index in [9.17, 15) is 0 Å². The Hall–Kier alpha value is -4.10. The quantitative estimate of drug-likeness (QED) is 0.169. The van der Waals surface area contributed by atoms with Gasteiger partial charge in [-0.3, -0.25) is 9.58 Å². The number of hydrogen-bond acceptors (Lipinski definition) is 8. The summed E-state index contributed by atoms with van der Waals surface area (Å²) in [5.41, 5.74) is 12.8. The lowest BCUT2D eigenvalue weighted by atomic mass is 10.0. The first-order valence-corrected chi connectivity index (χ1v) is 15.8. The molecule has 11 heteroatoms. The zero-order valence-corrected chi connectivity index (χ0v) is 26.0. The molecule has 0 spiro atoms. The summed E-state index contributed by atoms with van der Waals surface area (Å²) in [5.74, 6) is 1.32. The van der Waals surface area contributed by atoms with Crippen molar-refractivity contribution in [1.29, 1.82) is 0 Å². The maximum Gasteiger partial charge on any atom is 0.225 e. The van der Waals surface area contributed by atoms with Crippen LogP contribution in [0.25, 0.3) is 27.5 Å². The molecule has 1 fully saturated rings. The van der Waals surface area contributed by atoms with Crippen LogP contribution in [0.15, 0.2) is 79.5 Å². The van der Waals surface area contributed by atoms with Crippen LogP contribution in [0, 0.1) is 3.57 Å². The molecule has 7 rings (SSSR count). The molecule has 218 valence electrons. The van der Waals surface area contributed by atoms with Crippen LogP contribution in [-0.2, 0) is 13.0 Å². The summed E-state index contributed by atoms with van der Waals surface area (Å²) >= 11 is 2.42. The van der Waals surface area contributed by atoms with Crippen LogP contribution >= 0.6 is 22.6 Å². The fourth-order valence-corrected chi connectivity index (χ4v) is 6.72. The molecule has 0 amide bonds. The Morgan fingerprint density at radius 2 is 1.67 bits per heavy atom. The number of benzene rings is 2. The van der Waals surface area contributed by atoms with Crippen molar-refractivity contribution < 1.29 is 0 Å². The zero-order chi connectivity index (χ0) is 29.2. The van der Waals surface area contributed by atoms with Gasteiger partial charge in [0, 0.05) is 65.0 Å². The number of fused-ring (bicyclic) bond motifs is 2. The third-order valence-corrected chi connectivity index (χ3v) is 9.03. The second kappa shape index (κ2) is 12.3. The van der Waals surface area contributed by atoms with E-state index in [2.05, 4.69) is 101 Å². The molecule has 2 aromatic carbocycles. The molecule has 0 aliphatic carbocycles. The SMILES string of the molecule is Nc1ncnn2c(CCCCN3CCN(c4ncccn4)CC3)cc(-c3cc4nn(Cc5ccccc5)cc4cc3I)c12. The van der Waals surface area contributed by atoms with E-state index >= 15 is 0 Å². The van der Waals surface area contributed by atoms with Crippen molar-refractivity contribution in [3.8, 4) is 11.1 Å². The standard InChI is InChI=1S/C32H33IN10/c33-28-17-24-21-42(20-23-7-2-1-3-8-23)39-29(24)19-26(28)27-18-25(43-30(27)31(34)37-22-38-43)9-4-5-12-40-13-15-41(16-14-40)32-35-10-6-11-36-32/h1-3,6-8,10-11,17-19,21-22H,4-5,9,12-16,20H2,(H2,34,37,38). The molecule has 0 atom stereocenters. The van der Waals surface area contributed by atoms with Crippen LogP contribution in [0.3, 0.4) is 0 Å². The normalized spacial score (nSPS) is 14.2. The van der Waals surface area contributed by atoms with Gasteiger partial charge in [-0.05, 0) is 83.8 Å². The summed E-state index contributed by atoms with van der Waals surface area (Å²) in [7, 11) is 0. The monoisotopic (exact) mass is 684 g/mol. The lowest BCUT2D eigenvalue weighted by Crippen LogP contribution is -2.47. The van der Waals surface area contributed by atoms with Crippen molar-refractivity contribution in [2.45, 2.75) is 25.8 Å². The number of aromatic nitrogens is 7. The molecule has 43 heavy (non-hydrogen) atoms. The second-order valence-electron chi connectivity index (χ2n) is 11.0. The van der Waals surface area contributed by atoms with Gasteiger partial charge in [-0.2, -0.15) is 10.2 Å². The van der Waals surface area contributed by atoms with E-state index < -0.39 is 0 Å². The van der Waals surface area contributed by atoms with Crippen LogP contribution in [0.5, 0.6) is 0 Å². The minimum absolute atomic E-state index is 0.488. The summed E-state index contributed by atoms with van der Waals surface area (Å²) in [6, 6.07) is 18.9. The average molecular weight is 685 g/mol. The maximum absolute atomic E-state index is 6.45. The predicted octanol–water partition coefficient (Wildman–Crippen LogP) is 4.92. The second-order valence-corrected chi connectivity index (χ2v) is 12.2. The number of aryl methyl sites for hydroxylation is 1. The molecule has 4 aromatic heterocycles. The highest BCUT2D eigenvalue weighted by molar-refractivity contribution is 14.1. The topological polar surface area (TPSA) is 106 Å². The number of rotatable bonds is 9. The van der Waals surface area contributed by atoms with E-state index in [-0.39, 0.29) is 0 Å². The van der Waals surface area contributed by atoms with E-state index in [1.807, 2.05) is 33.7 Å². The number of hydrogen-bond donors (Lipinski definition) is 1. The summed E-state index contributed by atoms with van der Waals surface area (Å²) in [4.78, 5) is 17.9. The fraction of sp³-hybridized carbons (Fsp3) is 0.281. The van der Waals surface area contributed by atoms with Crippen LogP contribution in [0.1, 0.15) is 24.1 Å². The molecule has 1 aliphatic rings. The van der Waals surface area contributed by atoms with E-state index in [4.69, 9.17) is 10.8 Å². The third-order valence-electron chi connectivity index (χ3n) is 8.14. The Balaban J connectivity index is 1.06. The first-order chi connectivity index (χ1) is 21.1.